The maximum absolute atomic E-state index is 13.5. The van der Waals surface area contributed by atoms with Crippen LogP contribution in [0.3, 0.4) is 0 Å². The van der Waals surface area contributed by atoms with Crippen molar-refractivity contribution in [2.75, 3.05) is 20.3 Å². The molecule has 41 heavy (non-hydrogen) atoms. The third-order valence-electron chi connectivity index (χ3n) is 6.46. The highest BCUT2D eigenvalue weighted by Gasteiger charge is 2.26. The van der Waals surface area contributed by atoms with Gasteiger partial charge in [-0.05, 0) is 48.9 Å². The number of halogens is 1. The smallest absolute Gasteiger partial charge is 0.335 e. The van der Waals surface area contributed by atoms with Crippen LogP contribution < -0.4 is 21.9 Å². The van der Waals surface area contributed by atoms with E-state index in [1.165, 1.54) is 11.7 Å². The molecule has 0 radical (unpaired) electrons. The van der Waals surface area contributed by atoms with Crippen LogP contribution in [0.25, 0.3) is 16.6 Å². The fourth-order valence-corrected chi connectivity index (χ4v) is 4.33. The quantitative estimate of drug-likeness (QED) is 0.181. The molecule has 0 aliphatic carbocycles. The molecule has 3 aromatic rings. The van der Waals surface area contributed by atoms with Crippen molar-refractivity contribution < 1.29 is 19.1 Å². The topological polar surface area (TPSA) is 121 Å². The first-order valence-corrected chi connectivity index (χ1v) is 13.4. The molecule has 2 aromatic carbocycles. The Morgan fingerprint density at radius 1 is 1.07 bits per heavy atom. The van der Waals surface area contributed by atoms with Gasteiger partial charge in [0.15, 0.2) is 0 Å². The number of aromatic nitrogens is 2. The van der Waals surface area contributed by atoms with Crippen LogP contribution in [-0.4, -0.2) is 53.4 Å². The number of nitrogens with one attached hydrogen (secondary N) is 2. The number of hydrogen-bond acceptors (Lipinski definition) is 7. The molecule has 0 aliphatic rings. The molecule has 1 amide bonds. The molecule has 1 heterocycles. The minimum Gasteiger partial charge on any atom is -0.459 e. The molecule has 0 aliphatic heterocycles. The largest absolute Gasteiger partial charge is 0.459 e. The zero-order valence-electron chi connectivity index (χ0n) is 23.7. The van der Waals surface area contributed by atoms with Crippen molar-refractivity contribution in [3.63, 3.8) is 0 Å². The predicted octanol–water partition coefficient (Wildman–Crippen LogP) is 2.71. The first kappa shape index (κ1) is 31.5. The van der Waals surface area contributed by atoms with Gasteiger partial charge < -0.3 is 20.1 Å². The van der Waals surface area contributed by atoms with E-state index in [0.29, 0.717) is 28.7 Å². The maximum atomic E-state index is 13.5. The van der Waals surface area contributed by atoms with E-state index in [-0.39, 0.29) is 23.6 Å². The number of carbonyl (C=O) groups is 2. The Hall–Kier alpha value is -3.99. The van der Waals surface area contributed by atoms with E-state index in [4.69, 9.17) is 21.1 Å². The number of esters is 1. The summed E-state index contributed by atoms with van der Waals surface area (Å²) in [6.07, 6.45) is -0.486. The molecule has 0 fully saturated rings. The first-order chi connectivity index (χ1) is 19.5. The molecular weight excluding hydrogens is 548 g/mol. The molecule has 1 aromatic heterocycles. The molecule has 0 saturated heterocycles. The van der Waals surface area contributed by atoms with Crippen molar-refractivity contribution >= 4 is 34.4 Å². The Kier molecular flexibility index (Phi) is 10.8. The number of rotatable bonds is 13. The van der Waals surface area contributed by atoms with Crippen LogP contribution in [0.15, 0.2) is 75.8 Å². The normalized spacial score (nSPS) is 12.5. The Bertz CT molecular complexity index is 1570. The van der Waals surface area contributed by atoms with E-state index >= 15 is 0 Å². The lowest BCUT2D eigenvalue weighted by Crippen LogP contribution is -2.45. The number of fused-ring (bicyclic) bond motifs is 1. The molecule has 2 N–H and O–H groups in total. The number of carbonyl (C=O) groups excluding carboxylic acids is 2. The third-order valence-corrected chi connectivity index (χ3v) is 6.69. The van der Waals surface area contributed by atoms with E-state index in [9.17, 15) is 19.2 Å². The fourth-order valence-electron chi connectivity index (χ4n) is 4.24. The summed E-state index contributed by atoms with van der Waals surface area (Å²) in [4.78, 5) is 52.1. The Morgan fingerprint density at radius 3 is 2.34 bits per heavy atom. The van der Waals surface area contributed by atoms with Crippen molar-refractivity contribution in [2.24, 2.45) is 7.05 Å². The summed E-state index contributed by atoms with van der Waals surface area (Å²) < 4.78 is 13.0. The molecule has 0 bridgehead atoms. The van der Waals surface area contributed by atoms with Gasteiger partial charge in [-0.2, -0.15) is 0 Å². The summed E-state index contributed by atoms with van der Waals surface area (Å²) in [5.74, 6) is -1.34. The number of ether oxygens (including phenoxy) is 2. The zero-order chi connectivity index (χ0) is 30.3. The molecule has 1 unspecified atom stereocenters. The highest BCUT2D eigenvalue weighted by molar-refractivity contribution is 6.34. The highest BCUT2D eigenvalue weighted by atomic mass is 35.5. The molecule has 11 heteroatoms. The van der Waals surface area contributed by atoms with Crippen molar-refractivity contribution in [3.8, 4) is 5.69 Å². The molecule has 2 atom stereocenters. The van der Waals surface area contributed by atoms with Crippen molar-refractivity contribution in [1.82, 2.24) is 19.8 Å². The Balaban J connectivity index is 1.94. The summed E-state index contributed by atoms with van der Waals surface area (Å²) in [5, 5.41) is 6.19. The number of amides is 1. The van der Waals surface area contributed by atoms with Crippen LogP contribution in [0, 0.1) is 0 Å². The zero-order valence-corrected chi connectivity index (χ0v) is 24.4. The van der Waals surface area contributed by atoms with Crippen LogP contribution >= 0.6 is 11.6 Å². The van der Waals surface area contributed by atoms with E-state index in [2.05, 4.69) is 23.8 Å². The number of hydrogen-bond donors (Lipinski definition) is 2. The minimum absolute atomic E-state index is 0.0529. The van der Waals surface area contributed by atoms with Gasteiger partial charge in [0.1, 0.15) is 12.1 Å². The SMILES string of the molecule is C=C(Cl)C(=C)C(=O)N[C@@H](Cc1ccc(-n2c(=O)c3cc(CNCC)ccc3n(C)c2=O)cc1)C(=O)OC(C)COC. The van der Waals surface area contributed by atoms with Gasteiger partial charge in [-0.3, -0.25) is 14.2 Å². The molecule has 0 spiro atoms. The van der Waals surface area contributed by atoms with Gasteiger partial charge in [-0.15, -0.1) is 0 Å². The van der Waals surface area contributed by atoms with Crippen LogP contribution in [-0.2, 0) is 39.1 Å². The molecule has 10 nitrogen and oxygen atoms in total. The van der Waals surface area contributed by atoms with Gasteiger partial charge in [0.25, 0.3) is 11.5 Å². The molecule has 3 rings (SSSR count). The Morgan fingerprint density at radius 2 is 1.73 bits per heavy atom. The van der Waals surface area contributed by atoms with Gasteiger partial charge in [-0.1, -0.05) is 49.9 Å². The van der Waals surface area contributed by atoms with Crippen molar-refractivity contribution in [2.45, 2.75) is 39.0 Å². The van der Waals surface area contributed by atoms with Crippen molar-refractivity contribution in [3.05, 3.63) is 98.2 Å². The summed E-state index contributed by atoms with van der Waals surface area (Å²) in [6, 6.07) is 10.9. The highest BCUT2D eigenvalue weighted by Crippen LogP contribution is 2.15. The minimum atomic E-state index is -1.08. The summed E-state index contributed by atoms with van der Waals surface area (Å²) in [5.41, 5.74) is 1.47. The second-order valence-corrected chi connectivity index (χ2v) is 10.1. The third kappa shape index (κ3) is 7.60. The van der Waals surface area contributed by atoms with Crippen LogP contribution in [0.5, 0.6) is 0 Å². The molecule has 0 saturated carbocycles. The second-order valence-electron chi connectivity index (χ2n) is 9.60. The standard InChI is InChI=1S/C30H35ClN4O6/c1-7-32-16-22-10-13-26-24(14-22)28(37)35(30(39)34(26)5)23-11-8-21(9-12-23)15-25(29(38)41-18(2)17-40-6)33-27(36)19(3)20(4)31/h8-14,18,25,32H,3-4,7,15-17H2,1-2,5-6H3,(H,33,36)/t18?,25-/m0/s1. The average Bonchev–Trinajstić information content (AvgIpc) is 2.94. The number of benzene rings is 2. The van der Waals surface area contributed by atoms with Gasteiger partial charge >= 0.3 is 11.7 Å². The van der Waals surface area contributed by atoms with Crippen LogP contribution in [0.2, 0.25) is 0 Å². The maximum Gasteiger partial charge on any atom is 0.335 e. The molecular formula is C30H35ClN4O6. The fraction of sp³-hybridized carbons (Fsp3) is 0.333. The van der Waals surface area contributed by atoms with E-state index in [1.807, 2.05) is 13.0 Å². The van der Waals surface area contributed by atoms with E-state index in [1.54, 1.807) is 50.4 Å². The average molecular weight is 583 g/mol. The van der Waals surface area contributed by atoms with Gasteiger partial charge in [0, 0.05) is 32.2 Å². The molecule has 218 valence electrons. The lowest BCUT2D eigenvalue weighted by Gasteiger charge is -2.21. The number of aryl methyl sites for hydroxylation is 1. The summed E-state index contributed by atoms with van der Waals surface area (Å²) >= 11 is 5.81. The van der Waals surface area contributed by atoms with Crippen molar-refractivity contribution in [1.29, 1.82) is 0 Å². The lowest BCUT2D eigenvalue weighted by atomic mass is 10.0. The van der Waals surface area contributed by atoms with Crippen LogP contribution in [0.4, 0.5) is 0 Å². The number of methoxy groups -OCH3 is 1. The first-order valence-electron chi connectivity index (χ1n) is 13.1. The lowest BCUT2D eigenvalue weighted by molar-refractivity contribution is -0.154. The van der Waals surface area contributed by atoms with Gasteiger partial charge in [0.05, 0.1) is 28.8 Å². The predicted molar refractivity (Wildman–Crippen MR) is 159 cm³/mol. The number of nitrogens with zero attached hydrogens (tertiary/aromatic N) is 2. The van der Waals surface area contributed by atoms with Gasteiger partial charge in [0.2, 0.25) is 0 Å². The summed E-state index contributed by atoms with van der Waals surface area (Å²) in [6.45, 7) is 12.3. The Labute approximate surface area is 243 Å². The monoisotopic (exact) mass is 582 g/mol. The van der Waals surface area contributed by atoms with Crippen LogP contribution in [0.1, 0.15) is 25.0 Å². The summed E-state index contributed by atoms with van der Waals surface area (Å²) in [7, 11) is 3.10. The van der Waals surface area contributed by atoms with Gasteiger partial charge in [-0.25, -0.2) is 14.2 Å². The van der Waals surface area contributed by atoms with E-state index in [0.717, 1.165) is 16.7 Å². The van der Waals surface area contributed by atoms with E-state index < -0.39 is 35.3 Å². The second kappa shape index (κ2) is 14.1.